The second kappa shape index (κ2) is 10.7. The van der Waals surface area contributed by atoms with Crippen LogP contribution < -0.4 is 0 Å². The zero-order valence-corrected chi connectivity index (χ0v) is 20.4. The van der Waals surface area contributed by atoms with Crippen LogP contribution in [0.1, 0.15) is 27.3 Å². The number of halogens is 3. The van der Waals surface area contributed by atoms with Gasteiger partial charge < -0.3 is 4.90 Å². The third-order valence-corrected chi connectivity index (χ3v) is 6.48. The van der Waals surface area contributed by atoms with E-state index in [0.717, 1.165) is 31.1 Å². The molecule has 1 aliphatic heterocycles. The molecule has 196 valence electrons. The van der Waals surface area contributed by atoms with Crippen molar-refractivity contribution in [2.75, 3.05) is 26.2 Å². The molecule has 5 rings (SSSR count). The van der Waals surface area contributed by atoms with Crippen molar-refractivity contribution in [1.82, 2.24) is 29.5 Å². The summed E-state index contributed by atoms with van der Waals surface area (Å²) in [6.45, 7) is 3.77. The van der Waals surface area contributed by atoms with Crippen LogP contribution in [-0.4, -0.2) is 67.4 Å². The number of amides is 1. The van der Waals surface area contributed by atoms with Gasteiger partial charge in [0.1, 0.15) is 17.9 Å². The van der Waals surface area contributed by atoms with Gasteiger partial charge in [0.25, 0.3) is 0 Å². The van der Waals surface area contributed by atoms with Crippen molar-refractivity contribution in [1.29, 1.82) is 0 Å². The molecule has 0 atom stereocenters. The van der Waals surface area contributed by atoms with Crippen LogP contribution in [0.3, 0.4) is 0 Å². The Morgan fingerprint density at radius 1 is 0.921 bits per heavy atom. The predicted octanol–water partition coefficient (Wildman–Crippen LogP) is 3.61. The van der Waals surface area contributed by atoms with Gasteiger partial charge in [-0.15, -0.1) is 0 Å². The van der Waals surface area contributed by atoms with Gasteiger partial charge in [-0.2, -0.15) is 18.3 Å². The van der Waals surface area contributed by atoms with Gasteiger partial charge in [-0.05, 0) is 47.5 Å². The van der Waals surface area contributed by atoms with E-state index < -0.39 is 17.7 Å². The fraction of sp³-hybridized carbons (Fsp3) is 0.296. The summed E-state index contributed by atoms with van der Waals surface area (Å²) in [5, 5.41) is 5.20. The fourth-order valence-corrected chi connectivity index (χ4v) is 4.48. The minimum atomic E-state index is -4.62. The number of piperazine rings is 1. The molecule has 1 fully saturated rings. The van der Waals surface area contributed by atoms with Crippen LogP contribution in [0.5, 0.6) is 0 Å². The van der Waals surface area contributed by atoms with Gasteiger partial charge >= 0.3 is 6.18 Å². The number of Topliss-reactive ketones (excluding diaryl/α,β-unsaturated/α-hetero) is 1. The van der Waals surface area contributed by atoms with Crippen molar-refractivity contribution < 1.29 is 22.8 Å². The first kappa shape index (κ1) is 25.5. The molecular formula is C27H25F3N6O2. The highest BCUT2D eigenvalue weighted by atomic mass is 19.4. The molecule has 8 nitrogen and oxygen atoms in total. The molecule has 1 aromatic carbocycles. The molecule has 1 aliphatic rings. The molecule has 0 spiro atoms. The van der Waals surface area contributed by atoms with Crippen molar-refractivity contribution in [2.45, 2.75) is 25.7 Å². The lowest BCUT2D eigenvalue weighted by Crippen LogP contribution is -2.49. The smallest absolute Gasteiger partial charge is 0.339 e. The molecule has 3 aromatic heterocycles. The lowest BCUT2D eigenvalue weighted by molar-refractivity contribution is -0.141. The van der Waals surface area contributed by atoms with E-state index in [0.29, 0.717) is 24.2 Å². The number of rotatable bonds is 7. The number of fused-ring (bicyclic) bond motifs is 1. The number of carbonyl (C=O) groups is 2. The summed E-state index contributed by atoms with van der Waals surface area (Å²) in [6, 6.07) is 12.5. The summed E-state index contributed by atoms with van der Waals surface area (Å²) in [7, 11) is 0. The largest absolute Gasteiger partial charge is 0.433 e. The van der Waals surface area contributed by atoms with Crippen molar-refractivity contribution in [3.05, 3.63) is 89.6 Å². The molecule has 11 heteroatoms. The highest BCUT2D eigenvalue weighted by molar-refractivity contribution is 5.96. The quantitative estimate of drug-likeness (QED) is 0.345. The molecule has 0 aliphatic carbocycles. The number of alkyl halides is 3. The van der Waals surface area contributed by atoms with Crippen molar-refractivity contribution in [3.8, 4) is 0 Å². The maximum absolute atomic E-state index is 12.9. The van der Waals surface area contributed by atoms with E-state index in [4.69, 9.17) is 0 Å². The van der Waals surface area contributed by atoms with E-state index in [2.05, 4.69) is 20.0 Å². The normalized spacial score (nSPS) is 14.7. The van der Waals surface area contributed by atoms with E-state index in [1.807, 2.05) is 17.0 Å². The Bertz CT molecular complexity index is 1450. The van der Waals surface area contributed by atoms with Crippen LogP contribution in [-0.2, 0) is 30.5 Å². The molecule has 4 heterocycles. The summed E-state index contributed by atoms with van der Waals surface area (Å²) < 4.78 is 40.4. The Kier molecular flexibility index (Phi) is 7.19. The van der Waals surface area contributed by atoms with Gasteiger partial charge in [0.05, 0.1) is 5.52 Å². The Balaban J connectivity index is 1.18. The average Bonchev–Trinajstić information content (AvgIpc) is 3.30. The molecule has 4 aromatic rings. The molecule has 38 heavy (non-hydrogen) atoms. The molecule has 0 N–H and O–H groups in total. The standard InChI is InChI=1S/C27H25F3N6O2/c28-27(29,30)25-3-1-2-23(32-25)24(37)15-20-4-5-22-21(14-20)17-36(33-22)18-26(38)35-12-10-34(11-13-35)16-19-6-8-31-9-7-19/h1-9,14,17H,10-13,15-16,18H2. The maximum atomic E-state index is 12.9. The monoisotopic (exact) mass is 522 g/mol. The SMILES string of the molecule is O=C(Cc1ccc2nn(CC(=O)N3CCN(Cc4ccncc4)CC3)cc2c1)c1cccc(C(F)(F)F)n1. The number of aromatic nitrogens is 4. The number of hydrogen-bond donors (Lipinski definition) is 0. The topological polar surface area (TPSA) is 84.2 Å². The van der Waals surface area contributed by atoms with Crippen LogP contribution >= 0.6 is 0 Å². The number of benzene rings is 1. The summed E-state index contributed by atoms with van der Waals surface area (Å²) in [5.74, 6) is -0.534. The second-order valence-electron chi connectivity index (χ2n) is 9.24. The summed E-state index contributed by atoms with van der Waals surface area (Å²) in [5.41, 5.74) is 1.14. The van der Waals surface area contributed by atoms with Crippen LogP contribution in [0.4, 0.5) is 13.2 Å². The Morgan fingerprint density at radius 3 is 2.42 bits per heavy atom. The highest BCUT2D eigenvalue weighted by Gasteiger charge is 2.33. The van der Waals surface area contributed by atoms with Crippen LogP contribution in [0.2, 0.25) is 0 Å². The Morgan fingerprint density at radius 2 is 1.68 bits per heavy atom. The number of pyridine rings is 2. The van der Waals surface area contributed by atoms with E-state index in [9.17, 15) is 22.8 Å². The fourth-order valence-electron chi connectivity index (χ4n) is 4.48. The van der Waals surface area contributed by atoms with Crippen molar-refractivity contribution >= 4 is 22.6 Å². The number of ketones is 1. The second-order valence-corrected chi connectivity index (χ2v) is 9.24. The minimum Gasteiger partial charge on any atom is -0.339 e. The molecule has 1 saturated heterocycles. The first-order valence-corrected chi connectivity index (χ1v) is 12.2. The van der Waals surface area contributed by atoms with Crippen LogP contribution in [0, 0.1) is 0 Å². The van der Waals surface area contributed by atoms with Gasteiger partial charge in [-0.25, -0.2) is 4.98 Å². The molecule has 0 unspecified atom stereocenters. The molecular weight excluding hydrogens is 497 g/mol. The Hall–Kier alpha value is -4.12. The van der Waals surface area contributed by atoms with Gasteiger partial charge in [-0.3, -0.25) is 24.2 Å². The van der Waals surface area contributed by atoms with E-state index in [-0.39, 0.29) is 24.6 Å². The van der Waals surface area contributed by atoms with E-state index >= 15 is 0 Å². The third-order valence-electron chi connectivity index (χ3n) is 6.48. The molecule has 1 amide bonds. The van der Waals surface area contributed by atoms with Crippen LogP contribution in [0.15, 0.2) is 67.1 Å². The first-order chi connectivity index (χ1) is 18.2. The zero-order valence-electron chi connectivity index (χ0n) is 20.4. The van der Waals surface area contributed by atoms with E-state index in [1.165, 1.54) is 17.7 Å². The lowest BCUT2D eigenvalue weighted by Gasteiger charge is -2.34. The number of hydrogen-bond acceptors (Lipinski definition) is 6. The Labute approximate surface area is 216 Å². The predicted molar refractivity (Wildman–Crippen MR) is 133 cm³/mol. The number of nitrogens with zero attached hydrogens (tertiary/aromatic N) is 6. The zero-order chi connectivity index (χ0) is 26.7. The lowest BCUT2D eigenvalue weighted by atomic mass is 10.0. The summed E-state index contributed by atoms with van der Waals surface area (Å²) in [4.78, 5) is 37.1. The maximum Gasteiger partial charge on any atom is 0.433 e. The van der Waals surface area contributed by atoms with Gasteiger partial charge in [-0.1, -0.05) is 12.1 Å². The van der Waals surface area contributed by atoms with Gasteiger partial charge in [0.15, 0.2) is 5.78 Å². The third kappa shape index (κ3) is 6.05. The highest BCUT2D eigenvalue weighted by Crippen LogP contribution is 2.27. The minimum absolute atomic E-state index is 0.0209. The van der Waals surface area contributed by atoms with Crippen LogP contribution in [0.25, 0.3) is 10.9 Å². The molecule has 0 radical (unpaired) electrons. The average molecular weight is 523 g/mol. The van der Waals surface area contributed by atoms with E-state index in [1.54, 1.807) is 41.5 Å². The molecule has 0 bridgehead atoms. The number of carbonyl (C=O) groups excluding carboxylic acids is 2. The molecule has 0 saturated carbocycles. The van der Waals surface area contributed by atoms with Gasteiger partial charge in [0, 0.05) is 63.1 Å². The van der Waals surface area contributed by atoms with Crippen molar-refractivity contribution in [2.24, 2.45) is 0 Å². The summed E-state index contributed by atoms with van der Waals surface area (Å²) >= 11 is 0. The summed E-state index contributed by atoms with van der Waals surface area (Å²) in [6.07, 6.45) is 0.575. The van der Waals surface area contributed by atoms with Crippen molar-refractivity contribution in [3.63, 3.8) is 0 Å². The first-order valence-electron chi connectivity index (χ1n) is 12.2. The van der Waals surface area contributed by atoms with Gasteiger partial charge in [0.2, 0.25) is 5.91 Å².